The van der Waals surface area contributed by atoms with Gasteiger partial charge in [-0.3, -0.25) is 9.88 Å². The molecule has 9 heterocycles. The zero-order valence-electron chi connectivity index (χ0n) is 28.9. The highest BCUT2D eigenvalue weighted by Crippen LogP contribution is 2.42. The average Bonchev–Trinajstić information content (AvgIpc) is 3.81. The highest BCUT2D eigenvalue weighted by molar-refractivity contribution is 6.00. The summed E-state index contributed by atoms with van der Waals surface area (Å²) in [6, 6.07) is 2.10. The van der Waals surface area contributed by atoms with Gasteiger partial charge in [0.2, 0.25) is 0 Å². The first-order valence-corrected chi connectivity index (χ1v) is 18.4. The zero-order chi connectivity index (χ0) is 34.7. The average molecular weight is 704 g/mol. The Balaban J connectivity index is 1.21. The van der Waals surface area contributed by atoms with Gasteiger partial charge in [0.1, 0.15) is 35.9 Å². The van der Waals surface area contributed by atoms with E-state index in [4.69, 9.17) is 39.0 Å². The lowest BCUT2D eigenvalue weighted by atomic mass is 9.92. The van der Waals surface area contributed by atoms with Crippen LogP contribution in [0.3, 0.4) is 0 Å². The van der Waals surface area contributed by atoms with Crippen LogP contribution in [0.15, 0.2) is 18.5 Å². The number of piperidine rings is 1. The number of nitrogens with zero attached hydrogens (tertiary/aromatic N) is 7. The lowest BCUT2D eigenvalue weighted by Gasteiger charge is -2.34. The lowest BCUT2D eigenvalue weighted by molar-refractivity contribution is -0.0366. The molecular weight excluding hydrogens is 660 g/mol. The van der Waals surface area contributed by atoms with E-state index in [2.05, 4.69) is 11.0 Å². The van der Waals surface area contributed by atoms with Crippen molar-refractivity contribution in [2.75, 3.05) is 50.9 Å². The standard InChI is InChI=1S/C37H43F2N7O5/c1-22-15-28-26(18-41-46(28)29-9-2-3-13-48-29)30-25(22)8-5-14-49-36(47)51-24-7-4-11-44(20-24)34-27-17-40-33(30)31(39)32(27)42-35(43-34)50-21-37-10-6-12-45(37)19-23(38)16-37/h15,17-18,23-24,29H,2-14,16,19-21H2,1H3/t23-,24-,29?,37+/m1/s1. The monoisotopic (exact) mass is 703 g/mol. The van der Waals surface area contributed by atoms with Gasteiger partial charge in [0.05, 0.1) is 35.8 Å². The number of rotatable bonds is 4. The Morgan fingerprint density at radius 2 is 1.96 bits per heavy atom. The molecule has 14 heteroatoms. The molecule has 0 saturated carbocycles. The second-order valence-corrected chi connectivity index (χ2v) is 14.8. The Labute approximate surface area is 294 Å². The Morgan fingerprint density at radius 1 is 1.04 bits per heavy atom. The van der Waals surface area contributed by atoms with E-state index in [0.29, 0.717) is 68.7 Å². The molecule has 4 atom stereocenters. The van der Waals surface area contributed by atoms with Gasteiger partial charge >= 0.3 is 12.2 Å². The summed E-state index contributed by atoms with van der Waals surface area (Å²) >= 11 is 0. The van der Waals surface area contributed by atoms with Gasteiger partial charge in [0.25, 0.3) is 0 Å². The molecule has 51 heavy (non-hydrogen) atoms. The number of carbonyl (C=O) groups excluding carboxylic acids is 1. The van der Waals surface area contributed by atoms with E-state index < -0.39 is 29.8 Å². The number of hydrogen-bond donors (Lipinski definition) is 0. The van der Waals surface area contributed by atoms with E-state index in [-0.39, 0.29) is 36.7 Å². The summed E-state index contributed by atoms with van der Waals surface area (Å²) < 4.78 is 57.6. The normalized spacial score (nSPS) is 27.2. The molecule has 10 rings (SSSR count). The Hall–Kier alpha value is -4.17. The number of fused-ring (bicyclic) bond motifs is 8. The van der Waals surface area contributed by atoms with E-state index in [1.165, 1.54) is 0 Å². The molecule has 0 aliphatic carbocycles. The molecule has 12 nitrogen and oxygen atoms in total. The summed E-state index contributed by atoms with van der Waals surface area (Å²) in [6.45, 7) is 5.20. The number of alkyl halides is 1. The van der Waals surface area contributed by atoms with Gasteiger partial charge in [0, 0.05) is 43.3 Å². The maximum Gasteiger partial charge on any atom is 0.508 e. The van der Waals surface area contributed by atoms with Gasteiger partial charge in [-0.25, -0.2) is 18.3 Å². The highest BCUT2D eigenvalue weighted by atomic mass is 19.1. The molecule has 6 bridgehead atoms. The maximum absolute atomic E-state index is 17.4. The topological polar surface area (TPSA) is 117 Å². The van der Waals surface area contributed by atoms with E-state index in [1.807, 2.05) is 16.5 Å². The molecule has 0 amide bonds. The van der Waals surface area contributed by atoms with Gasteiger partial charge in [-0.05, 0) is 88.4 Å². The fraction of sp³-hybridized carbons (Fsp3) is 0.595. The number of ether oxygens (including phenoxy) is 4. The third-order valence-corrected chi connectivity index (χ3v) is 11.5. The first-order valence-electron chi connectivity index (χ1n) is 18.4. The van der Waals surface area contributed by atoms with Crippen molar-refractivity contribution in [1.82, 2.24) is 29.6 Å². The number of pyridine rings is 1. The quantitative estimate of drug-likeness (QED) is 0.226. The fourth-order valence-corrected chi connectivity index (χ4v) is 9.05. The van der Waals surface area contributed by atoms with Crippen LogP contribution in [0.2, 0.25) is 0 Å². The predicted octanol–water partition coefficient (Wildman–Crippen LogP) is 6.21. The van der Waals surface area contributed by atoms with E-state index in [9.17, 15) is 9.18 Å². The van der Waals surface area contributed by atoms with Gasteiger partial charge in [-0.2, -0.15) is 15.1 Å². The first-order chi connectivity index (χ1) is 24.9. The van der Waals surface area contributed by atoms with Crippen molar-refractivity contribution in [1.29, 1.82) is 0 Å². The summed E-state index contributed by atoms with van der Waals surface area (Å²) in [6.07, 6.45) is 8.63. The number of halogens is 2. The van der Waals surface area contributed by atoms with Crippen LogP contribution >= 0.6 is 0 Å². The Morgan fingerprint density at radius 3 is 2.84 bits per heavy atom. The van der Waals surface area contributed by atoms with Crippen LogP contribution in [0, 0.1) is 12.7 Å². The van der Waals surface area contributed by atoms with Gasteiger partial charge in [0.15, 0.2) is 12.0 Å². The van der Waals surface area contributed by atoms with Crippen molar-refractivity contribution in [3.05, 3.63) is 35.4 Å². The largest absolute Gasteiger partial charge is 0.508 e. The summed E-state index contributed by atoms with van der Waals surface area (Å²) in [5.41, 5.74) is 3.11. The molecule has 6 aliphatic heterocycles. The van der Waals surface area contributed by atoms with Crippen LogP contribution in [0.4, 0.5) is 19.4 Å². The number of aryl methyl sites for hydroxylation is 1. The van der Waals surface area contributed by atoms with Crippen molar-refractivity contribution >= 4 is 33.8 Å². The van der Waals surface area contributed by atoms with Crippen molar-refractivity contribution in [2.24, 2.45) is 0 Å². The first kappa shape index (κ1) is 32.7. The smallest absolute Gasteiger partial charge is 0.461 e. The Bertz CT molecular complexity index is 1990. The van der Waals surface area contributed by atoms with Crippen LogP contribution in [-0.2, 0) is 20.6 Å². The number of hydrogen-bond acceptors (Lipinski definition) is 11. The molecule has 1 unspecified atom stereocenters. The number of benzene rings is 1. The molecule has 4 aromatic rings. The summed E-state index contributed by atoms with van der Waals surface area (Å²) in [4.78, 5) is 31.3. The number of carbonyl (C=O) groups is 1. The fourth-order valence-electron chi connectivity index (χ4n) is 9.05. The lowest BCUT2D eigenvalue weighted by Crippen LogP contribution is -2.43. The molecule has 0 N–H and O–H groups in total. The second-order valence-electron chi connectivity index (χ2n) is 14.8. The predicted molar refractivity (Wildman–Crippen MR) is 184 cm³/mol. The third kappa shape index (κ3) is 5.84. The van der Waals surface area contributed by atoms with E-state index in [0.717, 1.165) is 67.1 Å². The minimum atomic E-state index is -0.911. The highest BCUT2D eigenvalue weighted by Gasteiger charge is 2.49. The van der Waals surface area contributed by atoms with Gasteiger partial charge in [-0.1, -0.05) is 0 Å². The number of anilines is 1. The maximum atomic E-state index is 17.4. The van der Waals surface area contributed by atoms with Crippen molar-refractivity contribution < 1.29 is 32.5 Å². The van der Waals surface area contributed by atoms with Gasteiger partial charge < -0.3 is 23.8 Å². The summed E-state index contributed by atoms with van der Waals surface area (Å²) in [7, 11) is 0. The van der Waals surface area contributed by atoms with Crippen LogP contribution in [0.5, 0.6) is 6.01 Å². The molecular formula is C37H43F2N7O5. The van der Waals surface area contributed by atoms with E-state index in [1.54, 1.807) is 12.4 Å². The molecule has 0 radical (unpaired) electrons. The molecule has 0 spiro atoms. The Kier molecular flexibility index (Phi) is 8.41. The summed E-state index contributed by atoms with van der Waals surface area (Å²) in [5, 5.41) is 5.94. The minimum Gasteiger partial charge on any atom is -0.461 e. The van der Waals surface area contributed by atoms with E-state index >= 15 is 4.39 Å². The van der Waals surface area contributed by atoms with Crippen LogP contribution in [-0.4, -0.2) is 99.6 Å². The second kappa shape index (κ2) is 13.1. The molecule has 4 saturated heterocycles. The SMILES string of the molecule is Cc1cc2c(cnn2C2CCCCO2)c2c1CCCOC(=O)O[C@@H]1CCCN(C1)c1nc(OC[C@@]34CCCN3C[C@H](F)C4)nc3c(F)c-2ncc13. The van der Waals surface area contributed by atoms with Crippen LogP contribution in [0.1, 0.15) is 75.1 Å². The zero-order valence-corrected chi connectivity index (χ0v) is 28.9. The third-order valence-electron chi connectivity index (χ3n) is 11.5. The van der Waals surface area contributed by atoms with Crippen molar-refractivity contribution in [3.8, 4) is 17.3 Å². The number of aromatic nitrogens is 5. The molecule has 1 aromatic carbocycles. The van der Waals surface area contributed by atoms with Crippen LogP contribution < -0.4 is 9.64 Å². The molecule has 6 aliphatic rings. The molecule has 4 fully saturated rings. The summed E-state index contributed by atoms with van der Waals surface area (Å²) in [5.74, 6) is -0.126. The molecule has 3 aromatic heterocycles. The minimum absolute atomic E-state index is 0.0255. The van der Waals surface area contributed by atoms with Crippen LogP contribution in [0.25, 0.3) is 33.1 Å². The van der Waals surface area contributed by atoms with Crippen molar-refractivity contribution in [2.45, 2.75) is 95.2 Å². The van der Waals surface area contributed by atoms with Gasteiger partial charge in [-0.15, -0.1) is 0 Å². The molecule has 270 valence electrons. The van der Waals surface area contributed by atoms with Crippen molar-refractivity contribution in [3.63, 3.8) is 0 Å².